The highest BCUT2D eigenvalue weighted by Crippen LogP contribution is 2.16. The summed E-state index contributed by atoms with van der Waals surface area (Å²) in [5, 5.41) is 7.53. The third kappa shape index (κ3) is 5.42. The van der Waals surface area contributed by atoms with Gasteiger partial charge in [0.15, 0.2) is 0 Å². The van der Waals surface area contributed by atoms with E-state index in [9.17, 15) is 4.79 Å². The van der Waals surface area contributed by atoms with Gasteiger partial charge in [-0.15, -0.1) is 0 Å². The van der Waals surface area contributed by atoms with Gasteiger partial charge in [0.1, 0.15) is 5.60 Å². The van der Waals surface area contributed by atoms with Crippen LogP contribution in [0.5, 0.6) is 0 Å². The molecule has 1 heterocycles. The van der Waals surface area contributed by atoms with E-state index in [4.69, 9.17) is 4.74 Å². The van der Waals surface area contributed by atoms with Crippen LogP contribution in [0, 0.1) is 0 Å². The number of rotatable bonds is 5. The highest BCUT2D eigenvalue weighted by molar-refractivity contribution is 5.72. The second kappa shape index (κ2) is 6.19. The van der Waals surface area contributed by atoms with Crippen molar-refractivity contribution in [3.05, 3.63) is 17.5 Å². The number of hydrogen-bond donors (Lipinski definition) is 1. The Bertz CT molecular complexity index is 430. The molecule has 0 unspecified atom stereocenters. The Hall–Kier alpha value is -1.36. The largest absolute Gasteiger partial charge is 0.459 e. The van der Waals surface area contributed by atoms with E-state index < -0.39 is 5.60 Å². The van der Waals surface area contributed by atoms with Crippen LogP contribution < -0.4 is 5.32 Å². The van der Waals surface area contributed by atoms with E-state index in [0.717, 1.165) is 11.3 Å². The Kier molecular flexibility index (Phi) is 5.11. The minimum absolute atomic E-state index is 0.212. The van der Waals surface area contributed by atoms with Gasteiger partial charge in [-0.1, -0.05) is 13.8 Å². The van der Waals surface area contributed by atoms with Gasteiger partial charge in [-0.25, -0.2) is 0 Å². The Labute approximate surface area is 115 Å². The van der Waals surface area contributed by atoms with Crippen molar-refractivity contribution in [2.45, 2.75) is 52.7 Å². The average molecular weight is 267 g/mol. The van der Waals surface area contributed by atoms with E-state index in [1.807, 2.05) is 34.0 Å². The summed E-state index contributed by atoms with van der Waals surface area (Å²) in [6, 6.07) is 0. The molecule has 5 heteroatoms. The van der Waals surface area contributed by atoms with Gasteiger partial charge in [0.25, 0.3) is 0 Å². The molecule has 0 aliphatic carbocycles. The van der Waals surface area contributed by atoms with E-state index >= 15 is 0 Å². The van der Waals surface area contributed by atoms with Crippen LogP contribution in [-0.4, -0.2) is 27.9 Å². The third-order valence-corrected chi connectivity index (χ3v) is 2.49. The first kappa shape index (κ1) is 15.7. The molecule has 0 aliphatic rings. The fraction of sp³-hybridized carbons (Fsp3) is 0.714. The van der Waals surface area contributed by atoms with Crippen LogP contribution in [0.1, 0.15) is 51.8 Å². The summed E-state index contributed by atoms with van der Waals surface area (Å²) in [4.78, 5) is 11.6. The summed E-state index contributed by atoms with van der Waals surface area (Å²) in [6.45, 7) is 10.7. The number of esters is 1. The topological polar surface area (TPSA) is 56.2 Å². The normalized spacial score (nSPS) is 11.9. The molecule has 0 atom stereocenters. The molecular weight excluding hydrogens is 242 g/mol. The lowest BCUT2D eigenvalue weighted by Crippen LogP contribution is -2.31. The van der Waals surface area contributed by atoms with Crippen molar-refractivity contribution in [1.29, 1.82) is 0 Å². The van der Waals surface area contributed by atoms with Gasteiger partial charge in [0.05, 0.1) is 12.2 Å². The number of carbonyl (C=O) groups is 1. The second-order valence-corrected chi connectivity index (χ2v) is 6.06. The highest BCUT2D eigenvalue weighted by atomic mass is 16.6. The molecular formula is C14H25N3O2. The molecule has 0 radical (unpaired) electrons. The molecule has 0 amide bonds. The molecule has 1 rings (SSSR count). The molecule has 0 bridgehead atoms. The Balaban J connectivity index is 2.47. The molecule has 0 saturated carbocycles. The predicted molar refractivity (Wildman–Crippen MR) is 74.8 cm³/mol. The molecule has 0 aromatic carbocycles. The van der Waals surface area contributed by atoms with Crippen molar-refractivity contribution in [2.75, 3.05) is 6.54 Å². The van der Waals surface area contributed by atoms with Crippen molar-refractivity contribution >= 4 is 5.97 Å². The molecule has 0 aliphatic heterocycles. The van der Waals surface area contributed by atoms with Crippen molar-refractivity contribution in [3.63, 3.8) is 0 Å². The van der Waals surface area contributed by atoms with Gasteiger partial charge in [-0.05, 0) is 26.7 Å². The van der Waals surface area contributed by atoms with Gasteiger partial charge >= 0.3 is 5.97 Å². The first-order chi connectivity index (χ1) is 8.69. The maximum Gasteiger partial charge on any atom is 0.320 e. The van der Waals surface area contributed by atoms with E-state index in [1.54, 1.807) is 4.68 Å². The van der Waals surface area contributed by atoms with Gasteiger partial charge < -0.3 is 10.1 Å². The highest BCUT2D eigenvalue weighted by Gasteiger charge is 2.16. The van der Waals surface area contributed by atoms with Crippen LogP contribution in [0.2, 0.25) is 0 Å². The molecule has 1 aromatic heterocycles. The minimum Gasteiger partial charge on any atom is -0.459 e. The number of carbonyl (C=O) groups excluding carboxylic acids is 1. The fourth-order valence-electron chi connectivity index (χ4n) is 1.85. The first-order valence-electron chi connectivity index (χ1n) is 6.64. The van der Waals surface area contributed by atoms with Crippen LogP contribution in [0.3, 0.4) is 0 Å². The Morgan fingerprint density at radius 2 is 2.11 bits per heavy atom. The summed E-state index contributed by atoms with van der Waals surface area (Å²) < 4.78 is 7.04. The monoisotopic (exact) mass is 267 g/mol. The Morgan fingerprint density at radius 1 is 1.47 bits per heavy atom. The SMILES string of the molecule is CC(C)c1nn(C)cc1CNCC(=O)OC(C)(C)C. The molecule has 0 saturated heterocycles. The van der Waals surface area contributed by atoms with Crippen LogP contribution in [0.15, 0.2) is 6.20 Å². The molecule has 0 fully saturated rings. The van der Waals surface area contributed by atoms with E-state index in [1.165, 1.54) is 0 Å². The number of aromatic nitrogens is 2. The second-order valence-electron chi connectivity index (χ2n) is 6.06. The standard InChI is InChI=1S/C14H25N3O2/c1-10(2)13-11(9-17(6)16-13)7-15-8-12(18)19-14(3,4)5/h9-10,15H,7-8H2,1-6H3. The van der Waals surface area contributed by atoms with E-state index in [0.29, 0.717) is 12.5 Å². The quantitative estimate of drug-likeness (QED) is 0.829. The average Bonchev–Trinajstić information content (AvgIpc) is 2.57. The van der Waals surface area contributed by atoms with E-state index in [2.05, 4.69) is 24.3 Å². The maximum absolute atomic E-state index is 11.6. The zero-order chi connectivity index (χ0) is 14.6. The van der Waals surface area contributed by atoms with Crippen LogP contribution in [-0.2, 0) is 23.1 Å². The van der Waals surface area contributed by atoms with Crippen LogP contribution in [0.25, 0.3) is 0 Å². The summed E-state index contributed by atoms with van der Waals surface area (Å²) in [5.74, 6) is 0.141. The minimum atomic E-state index is -0.434. The fourth-order valence-corrected chi connectivity index (χ4v) is 1.85. The zero-order valence-corrected chi connectivity index (χ0v) is 12.8. The molecule has 0 spiro atoms. The van der Waals surface area contributed by atoms with Gasteiger partial charge in [-0.2, -0.15) is 5.10 Å². The summed E-state index contributed by atoms with van der Waals surface area (Å²) >= 11 is 0. The van der Waals surface area contributed by atoms with Crippen molar-refractivity contribution in [1.82, 2.24) is 15.1 Å². The zero-order valence-electron chi connectivity index (χ0n) is 12.8. The number of nitrogens with one attached hydrogen (secondary N) is 1. The Morgan fingerprint density at radius 3 is 2.63 bits per heavy atom. The van der Waals surface area contributed by atoms with Gasteiger partial charge in [-0.3, -0.25) is 9.48 Å². The third-order valence-electron chi connectivity index (χ3n) is 2.49. The summed E-state index contributed by atoms with van der Waals surface area (Å²) in [5.41, 5.74) is 1.76. The number of aryl methyl sites for hydroxylation is 1. The summed E-state index contributed by atoms with van der Waals surface area (Å²) in [6.07, 6.45) is 1.98. The smallest absolute Gasteiger partial charge is 0.320 e. The van der Waals surface area contributed by atoms with Crippen molar-refractivity contribution in [2.24, 2.45) is 7.05 Å². The van der Waals surface area contributed by atoms with Gasteiger partial charge in [0.2, 0.25) is 0 Å². The predicted octanol–water partition coefficient (Wildman–Crippen LogP) is 1.97. The molecule has 1 aromatic rings. The lowest BCUT2D eigenvalue weighted by molar-refractivity contribution is -0.153. The molecule has 1 N–H and O–H groups in total. The lowest BCUT2D eigenvalue weighted by Gasteiger charge is -2.19. The molecule has 108 valence electrons. The number of ether oxygens (including phenoxy) is 1. The molecule has 19 heavy (non-hydrogen) atoms. The first-order valence-corrected chi connectivity index (χ1v) is 6.64. The van der Waals surface area contributed by atoms with Crippen molar-refractivity contribution in [3.8, 4) is 0 Å². The number of nitrogens with zero attached hydrogens (tertiary/aromatic N) is 2. The van der Waals surface area contributed by atoms with E-state index in [-0.39, 0.29) is 12.5 Å². The summed E-state index contributed by atoms with van der Waals surface area (Å²) in [7, 11) is 1.91. The lowest BCUT2D eigenvalue weighted by atomic mass is 10.1. The van der Waals surface area contributed by atoms with Crippen LogP contribution in [0.4, 0.5) is 0 Å². The number of hydrogen-bond acceptors (Lipinski definition) is 4. The van der Waals surface area contributed by atoms with Crippen molar-refractivity contribution < 1.29 is 9.53 Å². The van der Waals surface area contributed by atoms with Gasteiger partial charge in [0, 0.05) is 25.4 Å². The van der Waals surface area contributed by atoms with Crippen LogP contribution >= 0.6 is 0 Å². The molecule has 5 nitrogen and oxygen atoms in total. The maximum atomic E-state index is 11.6.